The van der Waals surface area contributed by atoms with Crippen LogP contribution in [0.1, 0.15) is 16.1 Å². The van der Waals surface area contributed by atoms with Gasteiger partial charge in [-0.1, -0.05) is 0 Å². The van der Waals surface area contributed by atoms with Crippen molar-refractivity contribution in [3.8, 4) is 0 Å². The van der Waals surface area contributed by atoms with Crippen molar-refractivity contribution < 1.29 is 9.53 Å². The lowest BCUT2D eigenvalue weighted by Gasteiger charge is -2.09. The van der Waals surface area contributed by atoms with Gasteiger partial charge in [0.05, 0.1) is 18.3 Å². The zero-order valence-corrected chi connectivity index (χ0v) is 10.5. The molecule has 2 aromatic heterocycles. The number of ether oxygens (including phenoxy) is 1. The largest absolute Gasteiger partial charge is 0.397 e. The SMILES string of the molecule is Nc1c(C(=O)NC2CCOC2)sc2ncccc12. The maximum Gasteiger partial charge on any atom is 0.263 e. The highest BCUT2D eigenvalue weighted by molar-refractivity contribution is 7.21. The van der Waals surface area contributed by atoms with Gasteiger partial charge in [0, 0.05) is 18.2 Å². The average molecular weight is 263 g/mol. The van der Waals surface area contributed by atoms with E-state index in [1.54, 1.807) is 6.20 Å². The Labute approximate surface area is 108 Å². The number of hydrogen-bond donors (Lipinski definition) is 2. The van der Waals surface area contributed by atoms with Gasteiger partial charge in [-0.3, -0.25) is 4.79 Å². The van der Waals surface area contributed by atoms with E-state index in [9.17, 15) is 4.79 Å². The standard InChI is InChI=1S/C12H13N3O2S/c13-9-8-2-1-4-14-12(8)18-10(9)11(16)15-7-3-5-17-6-7/h1-2,4,7H,3,5-6,13H2,(H,15,16). The minimum Gasteiger partial charge on any atom is -0.397 e. The number of nitrogens with zero attached hydrogens (tertiary/aromatic N) is 1. The van der Waals surface area contributed by atoms with Crippen LogP contribution in [0.5, 0.6) is 0 Å². The Hall–Kier alpha value is -1.66. The van der Waals surface area contributed by atoms with Gasteiger partial charge in [0.25, 0.3) is 5.91 Å². The Morgan fingerprint density at radius 3 is 3.22 bits per heavy atom. The van der Waals surface area contributed by atoms with E-state index in [0.717, 1.165) is 16.6 Å². The van der Waals surface area contributed by atoms with Crippen LogP contribution in [0.15, 0.2) is 18.3 Å². The molecule has 94 valence electrons. The van der Waals surface area contributed by atoms with Gasteiger partial charge >= 0.3 is 0 Å². The third-order valence-corrected chi connectivity index (χ3v) is 4.10. The van der Waals surface area contributed by atoms with Crippen LogP contribution in [-0.4, -0.2) is 30.1 Å². The summed E-state index contributed by atoms with van der Waals surface area (Å²) in [4.78, 5) is 17.7. The van der Waals surface area contributed by atoms with Crippen LogP contribution in [0.4, 0.5) is 5.69 Å². The third kappa shape index (κ3) is 1.93. The zero-order valence-electron chi connectivity index (χ0n) is 9.68. The molecular weight excluding hydrogens is 250 g/mol. The van der Waals surface area contributed by atoms with E-state index in [1.165, 1.54) is 11.3 Å². The predicted molar refractivity (Wildman–Crippen MR) is 70.7 cm³/mol. The van der Waals surface area contributed by atoms with Crippen molar-refractivity contribution in [1.82, 2.24) is 10.3 Å². The topological polar surface area (TPSA) is 77.2 Å². The van der Waals surface area contributed by atoms with Crippen LogP contribution in [0.25, 0.3) is 10.2 Å². The fraction of sp³-hybridized carbons (Fsp3) is 0.333. The lowest BCUT2D eigenvalue weighted by molar-refractivity contribution is 0.0935. The number of amides is 1. The van der Waals surface area contributed by atoms with E-state index in [1.807, 2.05) is 12.1 Å². The third-order valence-electron chi connectivity index (χ3n) is 2.98. The van der Waals surface area contributed by atoms with Crippen LogP contribution < -0.4 is 11.1 Å². The first-order valence-electron chi connectivity index (χ1n) is 5.77. The summed E-state index contributed by atoms with van der Waals surface area (Å²) in [5, 5.41) is 3.78. The number of thiophene rings is 1. The fourth-order valence-electron chi connectivity index (χ4n) is 2.02. The van der Waals surface area contributed by atoms with Crippen molar-refractivity contribution in [2.24, 2.45) is 0 Å². The molecule has 1 fully saturated rings. The molecule has 1 unspecified atom stereocenters. The molecule has 0 aliphatic carbocycles. The first-order valence-corrected chi connectivity index (χ1v) is 6.59. The summed E-state index contributed by atoms with van der Waals surface area (Å²) < 4.78 is 5.23. The molecule has 1 aliphatic rings. The number of carbonyl (C=O) groups excluding carboxylic acids is 1. The molecule has 3 heterocycles. The molecule has 1 amide bonds. The lowest BCUT2D eigenvalue weighted by Crippen LogP contribution is -2.34. The second-order valence-electron chi connectivity index (χ2n) is 4.23. The second kappa shape index (κ2) is 4.55. The highest BCUT2D eigenvalue weighted by Crippen LogP contribution is 2.31. The Morgan fingerprint density at radius 2 is 2.50 bits per heavy atom. The van der Waals surface area contributed by atoms with Crippen molar-refractivity contribution in [3.05, 3.63) is 23.2 Å². The van der Waals surface area contributed by atoms with E-state index >= 15 is 0 Å². The summed E-state index contributed by atoms with van der Waals surface area (Å²) in [6.07, 6.45) is 2.56. The van der Waals surface area contributed by atoms with Crippen molar-refractivity contribution >= 4 is 33.1 Å². The van der Waals surface area contributed by atoms with Gasteiger partial charge in [0.2, 0.25) is 0 Å². The zero-order chi connectivity index (χ0) is 12.5. The van der Waals surface area contributed by atoms with Gasteiger partial charge in [-0.2, -0.15) is 0 Å². The van der Waals surface area contributed by atoms with Gasteiger partial charge in [0.1, 0.15) is 9.71 Å². The highest BCUT2D eigenvalue weighted by atomic mass is 32.1. The number of nitrogen functional groups attached to an aromatic ring is 1. The van der Waals surface area contributed by atoms with Gasteiger partial charge in [-0.15, -0.1) is 11.3 Å². The summed E-state index contributed by atoms with van der Waals surface area (Å²) >= 11 is 1.33. The number of anilines is 1. The van der Waals surface area contributed by atoms with Gasteiger partial charge in [0.15, 0.2) is 0 Å². The molecule has 0 radical (unpaired) electrons. The van der Waals surface area contributed by atoms with Crippen LogP contribution in [-0.2, 0) is 4.74 Å². The van der Waals surface area contributed by atoms with E-state index in [-0.39, 0.29) is 11.9 Å². The molecule has 0 spiro atoms. The summed E-state index contributed by atoms with van der Waals surface area (Å²) in [6, 6.07) is 3.79. The molecule has 1 aliphatic heterocycles. The van der Waals surface area contributed by atoms with Crippen LogP contribution >= 0.6 is 11.3 Å². The lowest BCUT2D eigenvalue weighted by atomic mass is 10.2. The number of hydrogen-bond acceptors (Lipinski definition) is 5. The average Bonchev–Trinajstić information content (AvgIpc) is 2.98. The quantitative estimate of drug-likeness (QED) is 0.858. The summed E-state index contributed by atoms with van der Waals surface area (Å²) in [7, 11) is 0. The first-order chi connectivity index (χ1) is 8.75. The van der Waals surface area contributed by atoms with Gasteiger partial charge in [-0.25, -0.2) is 4.98 Å². The van der Waals surface area contributed by atoms with Crippen molar-refractivity contribution in [2.45, 2.75) is 12.5 Å². The number of aromatic nitrogens is 1. The molecule has 0 aromatic carbocycles. The minimum absolute atomic E-state index is 0.0927. The summed E-state index contributed by atoms with van der Waals surface area (Å²) in [6.45, 7) is 1.28. The molecule has 1 atom stereocenters. The monoisotopic (exact) mass is 263 g/mol. The van der Waals surface area contributed by atoms with E-state index < -0.39 is 0 Å². The number of fused-ring (bicyclic) bond motifs is 1. The van der Waals surface area contributed by atoms with Crippen molar-refractivity contribution in [1.29, 1.82) is 0 Å². The normalized spacial score (nSPS) is 19.2. The second-order valence-corrected chi connectivity index (χ2v) is 5.23. The summed E-state index contributed by atoms with van der Waals surface area (Å²) in [5.74, 6) is -0.133. The molecule has 0 saturated carbocycles. The molecule has 0 bridgehead atoms. The Kier molecular flexibility index (Phi) is 2.89. The molecule has 2 aromatic rings. The summed E-state index contributed by atoms with van der Waals surface area (Å²) in [5.41, 5.74) is 6.51. The van der Waals surface area contributed by atoms with Crippen LogP contribution in [0, 0.1) is 0 Å². The van der Waals surface area contributed by atoms with E-state index in [0.29, 0.717) is 23.8 Å². The van der Waals surface area contributed by atoms with Crippen molar-refractivity contribution in [2.75, 3.05) is 18.9 Å². The molecule has 3 N–H and O–H groups in total. The highest BCUT2D eigenvalue weighted by Gasteiger charge is 2.22. The number of rotatable bonds is 2. The molecule has 18 heavy (non-hydrogen) atoms. The first kappa shape index (κ1) is 11.4. The van der Waals surface area contributed by atoms with Gasteiger partial charge < -0.3 is 15.8 Å². The minimum atomic E-state index is -0.133. The molecular formula is C12H13N3O2S. The molecule has 1 saturated heterocycles. The maximum absolute atomic E-state index is 12.1. The Balaban J connectivity index is 1.88. The Bertz CT molecular complexity index is 590. The van der Waals surface area contributed by atoms with E-state index in [4.69, 9.17) is 10.5 Å². The smallest absolute Gasteiger partial charge is 0.263 e. The number of nitrogens with two attached hydrogens (primary N) is 1. The number of pyridine rings is 1. The number of nitrogens with one attached hydrogen (secondary N) is 1. The van der Waals surface area contributed by atoms with Crippen LogP contribution in [0.3, 0.4) is 0 Å². The molecule has 5 nitrogen and oxygen atoms in total. The molecule has 6 heteroatoms. The van der Waals surface area contributed by atoms with Crippen molar-refractivity contribution in [3.63, 3.8) is 0 Å². The van der Waals surface area contributed by atoms with Gasteiger partial charge in [-0.05, 0) is 18.6 Å². The van der Waals surface area contributed by atoms with E-state index in [2.05, 4.69) is 10.3 Å². The molecule has 3 rings (SSSR count). The predicted octanol–water partition coefficient (Wildman–Crippen LogP) is 1.40. The number of carbonyl (C=O) groups is 1. The Morgan fingerprint density at radius 1 is 1.61 bits per heavy atom. The fourth-order valence-corrected chi connectivity index (χ4v) is 2.99. The maximum atomic E-state index is 12.1. The van der Waals surface area contributed by atoms with Crippen LogP contribution in [0.2, 0.25) is 0 Å².